The number of phenolic OH excluding ortho intramolecular Hbond substituents is 1. The quantitative estimate of drug-likeness (QED) is 0.578. The number of aromatic hydroxyl groups is 1. The van der Waals surface area contributed by atoms with Crippen LogP contribution in [-0.2, 0) is 12.8 Å². The summed E-state index contributed by atoms with van der Waals surface area (Å²) in [5, 5.41) is 31.4. The van der Waals surface area contributed by atoms with Crippen LogP contribution < -0.4 is 5.63 Å². The molecule has 0 saturated heterocycles. The topological polar surface area (TPSA) is 90.9 Å². The van der Waals surface area contributed by atoms with Gasteiger partial charge in [-0.15, -0.1) is 0 Å². The van der Waals surface area contributed by atoms with Crippen LogP contribution in [0.1, 0.15) is 38.8 Å². The molecule has 0 fully saturated rings. The van der Waals surface area contributed by atoms with Gasteiger partial charge in [-0.2, -0.15) is 0 Å². The minimum Gasteiger partial charge on any atom is -0.507 e. The van der Waals surface area contributed by atoms with Crippen molar-refractivity contribution in [3.8, 4) is 5.75 Å². The monoisotopic (exact) mass is 332 g/mol. The van der Waals surface area contributed by atoms with Crippen LogP contribution in [0, 0.1) is 0 Å². The van der Waals surface area contributed by atoms with Crippen molar-refractivity contribution in [2.45, 2.75) is 52.2 Å². The van der Waals surface area contributed by atoms with Crippen molar-refractivity contribution in [3.63, 3.8) is 0 Å². The van der Waals surface area contributed by atoms with Gasteiger partial charge in [-0.1, -0.05) is 11.6 Å². The van der Waals surface area contributed by atoms with Crippen LogP contribution in [0.15, 0.2) is 39.1 Å². The molecule has 0 aliphatic heterocycles. The normalized spacial score (nSPS) is 13.1. The van der Waals surface area contributed by atoms with E-state index < -0.39 is 17.3 Å². The summed E-state index contributed by atoms with van der Waals surface area (Å²) >= 11 is 0. The fourth-order valence-corrected chi connectivity index (χ4v) is 2.44. The molecule has 2 rings (SSSR count). The molecule has 0 radical (unpaired) electrons. The van der Waals surface area contributed by atoms with E-state index in [1.165, 1.54) is 19.9 Å². The third-order valence-electron chi connectivity index (χ3n) is 4.00. The third-order valence-corrected chi connectivity index (χ3v) is 4.00. The largest absolute Gasteiger partial charge is 0.507 e. The van der Waals surface area contributed by atoms with E-state index in [1.54, 1.807) is 12.1 Å². The molecule has 0 aliphatic carbocycles. The van der Waals surface area contributed by atoms with Crippen LogP contribution in [-0.4, -0.2) is 27.0 Å². The lowest BCUT2D eigenvalue weighted by molar-refractivity contribution is -0.0471. The van der Waals surface area contributed by atoms with Crippen LogP contribution in [0.2, 0.25) is 0 Å². The minimum absolute atomic E-state index is 0.0161. The molecule has 1 unspecified atom stereocenters. The Hall–Kier alpha value is -2.11. The van der Waals surface area contributed by atoms with Crippen molar-refractivity contribution in [1.29, 1.82) is 0 Å². The maximum absolute atomic E-state index is 11.5. The lowest BCUT2D eigenvalue weighted by Crippen LogP contribution is -2.37. The summed E-state index contributed by atoms with van der Waals surface area (Å²) in [5.41, 5.74) is 0.656. The highest BCUT2D eigenvalue weighted by Crippen LogP contribution is 2.33. The van der Waals surface area contributed by atoms with E-state index in [2.05, 4.69) is 0 Å². The first-order chi connectivity index (χ1) is 11.1. The van der Waals surface area contributed by atoms with Crippen molar-refractivity contribution in [2.24, 2.45) is 0 Å². The number of aliphatic hydroxyl groups excluding tert-OH is 1. The van der Waals surface area contributed by atoms with Crippen molar-refractivity contribution < 1.29 is 19.7 Å². The molecular formula is C19H24O5. The van der Waals surface area contributed by atoms with Gasteiger partial charge in [-0.3, -0.25) is 0 Å². The zero-order chi connectivity index (χ0) is 18.1. The Morgan fingerprint density at radius 2 is 2.00 bits per heavy atom. The van der Waals surface area contributed by atoms with Gasteiger partial charge in [0.2, 0.25) is 0 Å². The molecule has 1 aromatic heterocycles. The highest BCUT2D eigenvalue weighted by atomic mass is 16.4. The Kier molecular flexibility index (Phi) is 5.16. The highest BCUT2D eigenvalue weighted by molar-refractivity contribution is 5.83. The molecule has 3 N–H and O–H groups in total. The van der Waals surface area contributed by atoms with E-state index in [1.807, 2.05) is 19.9 Å². The standard InChI is InChI=1S/C19H24O5/c1-11(2)5-7-14-17(22)13(10-15(20)19(3,4)23)9-12-6-8-16(21)24-18(12)14/h5-6,8-9,15,20,22-23H,7,10H2,1-4H3. The Morgan fingerprint density at radius 3 is 2.58 bits per heavy atom. The Balaban J connectivity index is 2.61. The summed E-state index contributed by atoms with van der Waals surface area (Å²) in [6.07, 6.45) is 1.39. The first-order valence-corrected chi connectivity index (χ1v) is 7.91. The lowest BCUT2D eigenvalue weighted by Gasteiger charge is -2.25. The Labute approximate surface area is 140 Å². The van der Waals surface area contributed by atoms with E-state index in [0.29, 0.717) is 28.5 Å². The van der Waals surface area contributed by atoms with Crippen LogP contribution in [0.4, 0.5) is 0 Å². The molecule has 24 heavy (non-hydrogen) atoms. The van der Waals surface area contributed by atoms with Gasteiger partial charge in [-0.25, -0.2) is 4.79 Å². The average Bonchev–Trinajstić information content (AvgIpc) is 2.46. The van der Waals surface area contributed by atoms with Crippen molar-refractivity contribution in [3.05, 3.63) is 51.4 Å². The molecule has 130 valence electrons. The predicted molar refractivity (Wildman–Crippen MR) is 93.3 cm³/mol. The van der Waals surface area contributed by atoms with Gasteiger partial charge in [0.1, 0.15) is 11.3 Å². The number of hydrogen-bond acceptors (Lipinski definition) is 5. The van der Waals surface area contributed by atoms with Crippen LogP contribution in [0.3, 0.4) is 0 Å². The highest BCUT2D eigenvalue weighted by Gasteiger charge is 2.26. The number of benzene rings is 1. The number of fused-ring (bicyclic) bond motifs is 1. The molecule has 5 nitrogen and oxygen atoms in total. The van der Waals surface area contributed by atoms with Gasteiger partial charge in [0.05, 0.1) is 11.7 Å². The Bertz CT molecular complexity index is 820. The second kappa shape index (κ2) is 6.79. The number of rotatable bonds is 5. The van der Waals surface area contributed by atoms with Crippen molar-refractivity contribution in [1.82, 2.24) is 0 Å². The van der Waals surface area contributed by atoms with E-state index in [-0.39, 0.29) is 12.2 Å². The number of allylic oxidation sites excluding steroid dienone is 2. The second-order valence-corrected chi connectivity index (χ2v) is 6.89. The summed E-state index contributed by atoms with van der Waals surface area (Å²) in [5.74, 6) is -0.0161. The molecule has 2 aromatic rings. The average molecular weight is 332 g/mol. The molecular weight excluding hydrogens is 308 g/mol. The molecule has 0 amide bonds. The molecule has 0 bridgehead atoms. The van der Waals surface area contributed by atoms with Gasteiger partial charge >= 0.3 is 5.63 Å². The maximum Gasteiger partial charge on any atom is 0.336 e. The van der Waals surface area contributed by atoms with Gasteiger partial charge in [-0.05, 0) is 51.8 Å². The zero-order valence-electron chi connectivity index (χ0n) is 14.5. The zero-order valence-corrected chi connectivity index (χ0v) is 14.5. The molecule has 1 aromatic carbocycles. The smallest absolute Gasteiger partial charge is 0.336 e. The molecule has 0 spiro atoms. The molecule has 5 heteroatoms. The first kappa shape index (κ1) is 18.2. The lowest BCUT2D eigenvalue weighted by atomic mass is 9.92. The van der Waals surface area contributed by atoms with Crippen molar-refractivity contribution >= 4 is 11.0 Å². The van der Waals surface area contributed by atoms with Gasteiger partial charge in [0.15, 0.2) is 0 Å². The first-order valence-electron chi connectivity index (χ1n) is 7.91. The second-order valence-electron chi connectivity index (χ2n) is 6.89. The third kappa shape index (κ3) is 4.04. The SMILES string of the molecule is CC(C)=CCc1c(O)c(CC(O)C(C)(C)O)cc2ccc(=O)oc12. The minimum atomic E-state index is -1.29. The maximum atomic E-state index is 11.5. The summed E-state index contributed by atoms with van der Waals surface area (Å²) in [6, 6.07) is 4.63. The summed E-state index contributed by atoms with van der Waals surface area (Å²) < 4.78 is 5.28. The van der Waals surface area contributed by atoms with Gasteiger partial charge in [0, 0.05) is 23.4 Å². The van der Waals surface area contributed by atoms with Crippen LogP contribution in [0.5, 0.6) is 5.75 Å². The molecule has 1 atom stereocenters. The number of phenols is 1. The van der Waals surface area contributed by atoms with E-state index in [0.717, 1.165) is 5.57 Å². The van der Waals surface area contributed by atoms with Crippen molar-refractivity contribution in [2.75, 3.05) is 0 Å². The summed E-state index contributed by atoms with van der Waals surface area (Å²) in [6.45, 7) is 6.91. The Morgan fingerprint density at radius 1 is 1.33 bits per heavy atom. The van der Waals surface area contributed by atoms with E-state index in [9.17, 15) is 20.1 Å². The predicted octanol–water partition coefficient (Wildman–Crippen LogP) is 2.68. The van der Waals surface area contributed by atoms with E-state index in [4.69, 9.17) is 4.42 Å². The van der Waals surface area contributed by atoms with E-state index >= 15 is 0 Å². The molecule has 0 saturated carbocycles. The summed E-state index contributed by atoms with van der Waals surface area (Å²) in [4.78, 5) is 11.5. The fourth-order valence-electron chi connectivity index (χ4n) is 2.44. The number of hydrogen-bond donors (Lipinski definition) is 3. The van der Waals surface area contributed by atoms with Crippen LogP contribution >= 0.6 is 0 Å². The fraction of sp³-hybridized carbons (Fsp3) is 0.421. The van der Waals surface area contributed by atoms with Crippen LogP contribution in [0.25, 0.3) is 11.0 Å². The van der Waals surface area contributed by atoms with Gasteiger partial charge < -0.3 is 19.7 Å². The number of aliphatic hydroxyl groups is 2. The molecule has 0 aliphatic rings. The summed E-state index contributed by atoms with van der Waals surface area (Å²) in [7, 11) is 0. The molecule has 1 heterocycles. The van der Waals surface area contributed by atoms with Gasteiger partial charge in [0.25, 0.3) is 0 Å².